The highest BCUT2D eigenvalue weighted by atomic mass is 17.2. The standard InChI is InChI=1S/C9H18O9/c10-1-7(12)3-15-17-5-9(14)6-18-16-4-8(13)2-11/h7-8,10-13H,1-6H2. The molecule has 108 valence electrons. The molecule has 0 fully saturated rings. The molecule has 0 bridgehead atoms. The molecule has 0 aromatic carbocycles. The first-order valence-electron chi connectivity index (χ1n) is 5.18. The summed E-state index contributed by atoms with van der Waals surface area (Å²) in [5.41, 5.74) is 0. The summed E-state index contributed by atoms with van der Waals surface area (Å²) in [5.74, 6) is -0.494. The van der Waals surface area contributed by atoms with Crippen molar-refractivity contribution in [3.63, 3.8) is 0 Å². The van der Waals surface area contributed by atoms with Gasteiger partial charge in [-0.3, -0.25) is 4.79 Å². The number of carbonyl (C=O) groups excluding carboxylic acids is 1. The zero-order valence-electron chi connectivity index (χ0n) is 9.73. The second-order valence-electron chi connectivity index (χ2n) is 3.30. The van der Waals surface area contributed by atoms with Crippen LogP contribution >= 0.6 is 0 Å². The summed E-state index contributed by atoms with van der Waals surface area (Å²) in [6.07, 6.45) is -2.14. The second kappa shape index (κ2) is 11.4. The molecular weight excluding hydrogens is 252 g/mol. The van der Waals surface area contributed by atoms with Gasteiger partial charge in [0.1, 0.15) is 38.6 Å². The van der Waals surface area contributed by atoms with Crippen LogP contribution in [0, 0.1) is 0 Å². The molecular formula is C9H18O9. The van der Waals surface area contributed by atoms with E-state index in [1.165, 1.54) is 0 Å². The predicted octanol–water partition coefficient (Wildman–Crippen LogP) is -2.84. The van der Waals surface area contributed by atoms with Crippen LogP contribution in [0.25, 0.3) is 0 Å². The van der Waals surface area contributed by atoms with E-state index in [2.05, 4.69) is 19.6 Å². The molecule has 0 saturated carbocycles. The smallest absolute Gasteiger partial charge is 0.190 e. The Kier molecular flexibility index (Phi) is 11.0. The maximum Gasteiger partial charge on any atom is 0.190 e. The minimum absolute atomic E-state index is 0.260. The van der Waals surface area contributed by atoms with Crippen LogP contribution in [-0.4, -0.2) is 78.1 Å². The van der Waals surface area contributed by atoms with Gasteiger partial charge in [-0.15, -0.1) is 0 Å². The molecule has 0 spiro atoms. The molecule has 18 heavy (non-hydrogen) atoms. The molecule has 4 N–H and O–H groups in total. The van der Waals surface area contributed by atoms with Crippen LogP contribution in [0.1, 0.15) is 0 Å². The maximum atomic E-state index is 11.0. The van der Waals surface area contributed by atoms with Crippen molar-refractivity contribution in [2.75, 3.05) is 39.6 Å². The lowest BCUT2D eigenvalue weighted by molar-refractivity contribution is -0.313. The number of hydrogen-bond acceptors (Lipinski definition) is 9. The average Bonchev–Trinajstić information content (AvgIpc) is 2.38. The van der Waals surface area contributed by atoms with Gasteiger partial charge in [-0.2, -0.15) is 0 Å². The zero-order valence-corrected chi connectivity index (χ0v) is 9.73. The van der Waals surface area contributed by atoms with Crippen molar-refractivity contribution in [3.05, 3.63) is 0 Å². The molecule has 0 amide bonds. The van der Waals surface area contributed by atoms with Gasteiger partial charge in [-0.25, -0.2) is 19.6 Å². The fourth-order valence-electron chi connectivity index (χ4n) is 0.615. The third kappa shape index (κ3) is 10.5. The predicted molar refractivity (Wildman–Crippen MR) is 55.0 cm³/mol. The first-order valence-corrected chi connectivity index (χ1v) is 5.18. The summed E-state index contributed by atoms with van der Waals surface area (Å²) >= 11 is 0. The number of Topliss-reactive ketones (excluding diaryl/α,β-unsaturated/α-hetero) is 1. The molecule has 0 saturated heterocycles. The summed E-state index contributed by atoms with van der Waals surface area (Å²) in [5, 5.41) is 34.5. The Hall–Kier alpha value is -0.650. The van der Waals surface area contributed by atoms with E-state index in [9.17, 15) is 4.79 Å². The van der Waals surface area contributed by atoms with E-state index in [0.29, 0.717) is 0 Å². The molecule has 0 heterocycles. The monoisotopic (exact) mass is 270 g/mol. The van der Waals surface area contributed by atoms with Crippen LogP contribution in [0.4, 0.5) is 0 Å². The van der Waals surface area contributed by atoms with Crippen molar-refractivity contribution in [2.24, 2.45) is 0 Å². The molecule has 0 radical (unpaired) electrons. The Balaban J connectivity index is 3.33. The SMILES string of the molecule is O=C(COOCC(O)CO)COOCC(O)CO. The lowest BCUT2D eigenvalue weighted by Crippen LogP contribution is -2.23. The first kappa shape index (κ1) is 17.4. The normalized spacial score (nSPS) is 14.4. The van der Waals surface area contributed by atoms with Crippen LogP contribution in [0.3, 0.4) is 0 Å². The van der Waals surface area contributed by atoms with Crippen LogP contribution < -0.4 is 0 Å². The van der Waals surface area contributed by atoms with E-state index in [-0.39, 0.29) is 13.2 Å². The van der Waals surface area contributed by atoms with Crippen molar-refractivity contribution >= 4 is 5.78 Å². The third-order valence-electron chi connectivity index (χ3n) is 1.55. The van der Waals surface area contributed by atoms with E-state index < -0.39 is 44.4 Å². The number of ketones is 1. The van der Waals surface area contributed by atoms with E-state index in [0.717, 1.165) is 0 Å². The highest BCUT2D eigenvalue weighted by Crippen LogP contribution is 1.89. The lowest BCUT2D eigenvalue weighted by atomic mass is 10.4. The topological polar surface area (TPSA) is 135 Å². The quantitative estimate of drug-likeness (QED) is 0.168. The largest absolute Gasteiger partial charge is 0.394 e. The van der Waals surface area contributed by atoms with Crippen LogP contribution in [0.15, 0.2) is 0 Å². The number of hydrogen-bond donors (Lipinski definition) is 4. The summed E-state index contributed by atoms with van der Waals surface area (Å²) in [7, 11) is 0. The van der Waals surface area contributed by atoms with Crippen molar-refractivity contribution in [2.45, 2.75) is 12.2 Å². The molecule has 9 heteroatoms. The molecule has 0 aromatic heterocycles. The Morgan fingerprint density at radius 1 is 0.833 bits per heavy atom. The summed E-state index contributed by atoms with van der Waals surface area (Å²) in [4.78, 5) is 28.7. The van der Waals surface area contributed by atoms with E-state index in [4.69, 9.17) is 20.4 Å². The highest BCUT2D eigenvalue weighted by molar-refractivity contribution is 5.80. The van der Waals surface area contributed by atoms with Crippen LogP contribution in [0.5, 0.6) is 0 Å². The molecule has 9 nitrogen and oxygen atoms in total. The van der Waals surface area contributed by atoms with E-state index in [1.54, 1.807) is 0 Å². The van der Waals surface area contributed by atoms with Crippen molar-refractivity contribution in [3.8, 4) is 0 Å². The molecule has 0 aliphatic rings. The lowest BCUT2D eigenvalue weighted by Gasteiger charge is -2.08. The molecule has 2 atom stereocenters. The highest BCUT2D eigenvalue weighted by Gasteiger charge is 2.07. The Morgan fingerprint density at radius 3 is 1.56 bits per heavy atom. The number of rotatable bonds is 12. The number of carbonyl (C=O) groups is 1. The minimum atomic E-state index is -1.07. The van der Waals surface area contributed by atoms with Crippen molar-refractivity contribution in [1.29, 1.82) is 0 Å². The molecule has 0 aromatic rings. The van der Waals surface area contributed by atoms with Gasteiger partial charge in [-0.1, -0.05) is 0 Å². The van der Waals surface area contributed by atoms with Gasteiger partial charge in [0, 0.05) is 0 Å². The van der Waals surface area contributed by atoms with Gasteiger partial charge < -0.3 is 20.4 Å². The van der Waals surface area contributed by atoms with E-state index in [1.807, 2.05) is 0 Å². The Morgan fingerprint density at radius 2 is 1.22 bits per heavy atom. The summed E-state index contributed by atoms with van der Waals surface area (Å²) < 4.78 is 0. The summed E-state index contributed by atoms with van der Waals surface area (Å²) in [6.45, 7) is -2.29. The molecule has 2 unspecified atom stereocenters. The first-order chi connectivity index (χ1) is 8.60. The van der Waals surface area contributed by atoms with Crippen LogP contribution in [-0.2, 0) is 24.3 Å². The number of aliphatic hydroxyl groups excluding tert-OH is 4. The fourth-order valence-corrected chi connectivity index (χ4v) is 0.615. The van der Waals surface area contributed by atoms with Gasteiger partial charge in [0.2, 0.25) is 0 Å². The van der Waals surface area contributed by atoms with Crippen molar-refractivity contribution < 1.29 is 44.8 Å². The van der Waals surface area contributed by atoms with Crippen LogP contribution in [0.2, 0.25) is 0 Å². The summed E-state index contributed by atoms with van der Waals surface area (Å²) in [6, 6.07) is 0. The average molecular weight is 270 g/mol. The number of aliphatic hydroxyl groups is 4. The van der Waals surface area contributed by atoms with E-state index >= 15 is 0 Å². The van der Waals surface area contributed by atoms with Gasteiger partial charge in [0.05, 0.1) is 13.2 Å². The Labute approximate surface area is 103 Å². The van der Waals surface area contributed by atoms with Gasteiger partial charge in [-0.05, 0) is 0 Å². The fraction of sp³-hybridized carbons (Fsp3) is 0.889. The zero-order chi connectivity index (χ0) is 13.8. The molecule has 0 rings (SSSR count). The molecule has 0 aliphatic carbocycles. The third-order valence-corrected chi connectivity index (χ3v) is 1.55. The maximum absolute atomic E-state index is 11.0. The minimum Gasteiger partial charge on any atom is -0.394 e. The van der Waals surface area contributed by atoms with Gasteiger partial charge in [0.25, 0.3) is 0 Å². The van der Waals surface area contributed by atoms with Gasteiger partial charge >= 0.3 is 0 Å². The van der Waals surface area contributed by atoms with Crippen molar-refractivity contribution in [1.82, 2.24) is 0 Å². The molecule has 0 aliphatic heterocycles. The Bertz CT molecular complexity index is 190. The second-order valence-corrected chi connectivity index (χ2v) is 3.30. The van der Waals surface area contributed by atoms with Gasteiger partial charge in [0.15, 0.2) is 5.78 Å².